The predicted molar refractivity (Wildman–Crippen MR) is 85.3 cm³/mol. The zero-order valence-electron chi connectivity index (χ0n) is 11.7. The molecule has 0 aliphatic carbocycles. The first-order chi connectivity index (χ1) is 10.3. The topological polar surface area (TPSA) is 47.1 Å². The molecule has 3 rings (SSSR count). The number of nitrogens with zero attached hydrogens (tertiary/aromatic N) is 1. The molecule has 0 bridgehead atoms. The maximum Gasteiger partial charge on any atom is 0.166 e. The van der Waals surface area contributed by atoms with Crippen LogP contribution in [-0.2, 0) is 0 Å². The van der Waals surface area contributed by atoms with E-state index in [1.54, 1.807) is 18.9 Å². The maximum atomic E-state index is 5.66. The van der Waals surface area contributed by atoms with Crippen molar-refractivity contribution in [3.8, 4) is 11.5 Å². The van der Waals surface area contributed by atoms with Gasteiger partial charge in [-0.15, -0.1) is 0 Å². The Labute approximate surface area is 127 Å². The fourth-order valence-electron chi connectivity index (χ4n) is 1.98. The summed E-state index contributed by atoms with van der Waals surface area (Å²) in [5.74, 6) is 2.56. The highest BCUT2D eigenvalue weighted by molar-refractivity contribution is 7.99. The van der Waals surface area contributed by atoms with Gasteiger partial charge in [-0.25, -0.2) is 4.98 Å². The number of benzene rings is 2. The Kier molecular flexibility index (Phi) is 4.31. The van der Waals surface area contributed by atoms with Crippen molar-refractivity contribution in [3.05, 3.63) is 48.5 Å². The van der Waals surface area contributed by atoms with E-state index in [1.807, 2.05) is 48.5 Å². The molecule has 3 aromatic rings. The molecule has 0 aliphatic rings. The molecule has 4 nitrogen and oxygen atoms in total. The van der Waals surface area contributed by atoms with Crippen LogP contribution in [0.2, 0.25) is 0 Å². The van der Waals surface area contributed by atoms with Crippen molar-refractivity contribution in [2.24, 2.45) is 0 Å². The zero-order chi connectivity index (χ0) is 14.5. The Balaban J connectivity index is 1.55. The molecule has 21 heavy (non-hydrogen) atoms. The number of aromatic nitrogens is 2. The smallest absolute Gasteiger partial charge is 0.166 e. The molecule has 0 unspecified atom stereocenters. The van der Waals surface area contributed by atoms with Crippen LogP contribution in [-0.4, -0.2) is 29.4 Å². The Bertz CT molecular complexity index is 713. The van der Waals surface area contributed by atoms with Crippen LogP contribution in [0.1, 0.15) is 0 Å². The first-order valence-corrected chi connectivity index (χ1v) is 7.68. The van der Waals surface area contributed by atoms with Crippen LogP contribution in [0.5, 0.6) is 11.5 Å². The number of thioether (sulfide) groups is 1. The third-order valence-electron chi connectivity index (χ3n) is 3.00. The number of nitrogens with one attached hydrogen (secondary N) is 1. The van der Waals surface area contributed by atoms with E-state index in [1.165, 1.54) is 0 Å². The minimum Gasteiger partial charge on any atom is -0.497 e. The summed E-state index contributed by atoms with van der Waals surface area (Å²) in [5, 5.41) is 0.898. The van der Waals surface area contributed by atoms with Crippen molar-refractivity contribution < 1.29 is 9.47 Å². The Morgan fingerprint density at radius 3 is 2.76 bits per heavy atom. The lowest BCUT2D eigenvalue weighted by Crippen LogP contribution is -1.99. The fourth-order valence-corrected chi connectivity index (χ4v) is 2.68. The maximum absolute atomic E-state index is 5.66. The number of para-hydroxylation sites is 1. The number of hydrogen-bond donors (Lipinski definition) is 1. The molecule has 0 atom stereocenters. The number of methoxy groups -OCH3 is 1. The average molecular weight is 300 g/mol. The first kappa shape index (κ1) is 13.8. The van der Waals surface area contributed by atoms with Crippen molar-refractivity contribution in [2.75, 3.05) is 19.5 Å². The molecule has 108 valence electrons. The lowest BCUT2D eigenvalue weighted by atomic mass is 10.3. The largest absolute Gasteiger partial charge is 0.497 e. The summed E-state index contributed by atoms with van der Waals surface area (Å²) >= 11 is 1.65. The number of hydrogen-bond acceptors (Lipinski definition) is 4. The van der Waals surface area contributed by atoms with Crippen LogP contribution in [0, 0.1) is 0 Å². The monoisotopic (exact) mass is 300 g/mol. The normalized spacial score (nSPS) is 10.7. The van der Waals surface area contributed by atoms with Gasteiger partial charge in [-0.05, 0) is 24.3 Å². The molecule has 0 fully saturated rings. The van der Waals surface area contributed by atoms with E-state index >= 15 is 0 Å². The second-order valence-electron chi connectivity index (χ2n) is 4.44. The van der Waals surface area contributed by atoms with E-state index in [-0.39, 0.29) is 0 Å². The van der Waals surface area contributed by atoms with Crippen molar-refractivity contribution in [2.45, 2.75) is 5.16 Å². The highest BCUT2D eigenvalue weighted by Crippen LogP contribution is 2.23. The van der Waals surface area contributed by atoms with Gasteiger partial charge < -0.3 is 14.5 Å². The van der Waals surface area contributed by atoms with Crippen molar-refractivity contribution in [1.82, 2.24) is 9.97 Å². The quantitative estimate of drug-likeness (QED) is 0.556. The summed E-state index contributed by atoms with van der Waals surface area (Å²) < 4.78 is 10.9. The van der Waals surface area contributed by atoms with E-state index in [4.69, 9.17) is 9.47 Å². The van der Waals surface area contributed by atoms with Crippen LogP contribution >= 0.6 is 11.8 Å². The lowest BCUT2D eigenvalue weighted by Gasteiger charge is -2.04. The lowest BCUT2D eigenvalue weighted by molar-refractivity contribution is 0.344. The minimum atomic E-state index is 0.648. The van der Waals surface area contributed by atoms with Gasteiger partial charge in [-0.3, -0.25) is 0 Å². The van der Waals surface area contributed by atoms with Gasteiger partial charge in [0.05, 0.1) is 24.8 Å². The molecular formula is C16H16N2O2S. The number of ether oxygens (including phenoxy) is 2. The Hall–Kier alpha value is -2.14. The summed E-state index contributed by atoms with van der Waals surface area (Å²) in [4.78, 5) is 7.81. The summed E-state index contributed by atoms with van der Waals surface area (Å²) in [6.07, 6.45) is 0. The van der Waals surface area contributed by atoms with Crippen LogP contribution < -0.4 is 9.47 Å². The van der Waals surface area contributed by atoms with Gasteiger partial charge in [0.15, 0.2) is 5.16 Å². The number of rotatable bonds is 6. The molecule has 1 N–H and O–H groups in total. The van der Waals surface area contributed by atoms with Crippen LogP contribution in [0.3, 0.4) is 0 Å². The molecule has 1 aromatic heterocycles. The average Bonchev–Trinajstić information content (AvgIpc) is 2.94. The van der Waals surface area contributed by atoms with Gasteiger partial charge in [-0.1, -0.05) is 30.0 Å². The molecule has 5 heteroatoms. The molecule has 0 saturated carbocycles. The van der Waals surface area contributed by atoms with Gasteiger partial charge in [0.2, 0.25) is 0 Å². The van der Waals surface area contributed by atoms with Crippen LogP contribution in [0.25, 0.3) is 11.0 Å². The second-order valence-corrected chi connectivity index (χ2v) is 5.52. The van der Waals surface area contributed by atoms with Crippen molar-refractivity contribution in [3.63, 3.8) is 0 Å². The molecule has 0 aliphatic heterocycles. The molecule has 2 aromatic carbocycles. The van der Waals surface area contributed by atoms with Gasteiger partial charge in [0, 0.05) is 11.8 Å². The number of aromatic amines is 1. The van der Waals surface area contributed by atoms with E-state index in [0.29, 0.717) is 6.61 Å². The van der Waals surface area contributed by atoms with Gasteiger partial charge in [0.25, 0.3) is 0 Å². The Morgan fingerprint density at radius 2 is 1.95 bits per heavy atom. The van der Waals surface area contributed by atoms with E-state index in [0.717, 1.165) is 33.4 Å². The fraction of sp³-hybridized carbons (Fsp3) is 0.188. The van der Waals surface area contributed by atoms with E-state index in [2.05, 4.69) is 9.97 Å². The third-order valence-corrected chi connectivity index (χ3v) is 3.84. The molecule has 0 saturated heterocycles. The number of fused-ring (bicyclic) bond motifs is 1. The van der Waals surface area contributed by atoms with Crippen LogP contribution in [0.15, 0.2) is 53.7 Å². The zero-order valence-corrected chi connectivity index (χ0v) is 12.5. The molecule has 0 amide bonds. The van der Waals surface area contributed by atoms with E-state index in [9.17, 15) is 0 Å². The third kappa shape index (κ3) is 3.49. The minimum absolute atomic E-state index is 0.648. The van der Waals surface area contributed by atoms with Gasteiger partial charge in [0.1, 0.15) is 11.5 Å². The van der Waals surface area contributed by atoms with Crippen molar-refractivity contribution in [1.29, 1.82) is 0 Å². The molecule has 0 spiro atoms. The predicted octanol–water partition coefficient (Wildman–Crippen LogP) is 3.74. The first-order valence-electron chi connectivity index (χ1n) is 6.69. The second kappa shape index (κ2) is 6.54. The summed E-state index contributed by atoms with van der Waals surface area (Å²) in [5.41, 5.74) is 1.93. The molecule has 1 heterocycles. The summed E-state index contributed by atoms with van der Waals surface area (Å²) in [7, 11) is 1.66. The van der Waals surface area contributed by atoms with Crippen LogP contribution in [0.4, 0.5) is 0 Å². The SMILES string of the molecule is COc1ccc2nc(SCCOc3ccccc3)[nH]c2c1. The Morgan fingerprint density at radius 1 is 1.10 bits per heavy atom. The van der Waals surface area contributed by atoms with Gasteiger partial charge in [-0.2, -0.15) is 0 Å². The molecule has 0 radical (unpaired) electrons. The molecular weight excluding hydrogens is 284 g/mol. The number of H-pyrrole nitrogens is 1. The highest BCUT2D eigenvalue weighted by atomic mass is 32.2. The number of imidazole rings is 1. The summed E-state index contributed by atoms with van der Waals surface area (Å²) in [6.45, 7) is 0.648. The van der Waals surface area contributed by atoms with E-state index < -0.39 is 0 Å². The summed E-state index contributed by atoms with van der Waals surface area (Å²) in [6, 6.07) is 15.6. The van der Waals surface area contributed by atoms with Gasteiger partial charge >= 0.3 is 0 Å². The highest BCUT2D eigenvalue weighted by Gasteiger charge is 2.04. The van der Waals surface area contributed by atoms with Crippen molar-refractivity contribution >= 4 is 22.8 Å². The standard InChI is InChI=1S/C16H16N2O2S/c1-19-13-7-8-14-15(11-13)18-16(17-14)21-10-9-20-12-5-3-2-4-6-12/h2-8,11H,9-10H2,1H3,(H,17,18).